The van der Waals surface area contributed by atoms with Gasteiger partial charge in [-0.1, -0.05) is 31.5 Å². The average molecular weight is 236 g/mol. The Morgan fingerprint density at radius 2 is 2.00 bits per heavy atom. The number of nitrogens with one attached hydrogen (secondary N) is 1. The van der Waals surface area contributed by atoms with Crippen LogP contribution in [0.2, 0.25) is 0 Å². The van der Waals surface area contributed by atoms with Crippen molar-refractivity contribution < 1.29 is 4.39 Å². The van der Waals surface area contributed by atoms with Crippen molar-refractivity contribution in [2.45, 2.75) is 25.8 Å². The second kappa shape index (κ2) is 6.12. The first kappa shape index (κ1) is 12.5. The largest absolute Gasteiger partial charge is 0.314 e. The summed E-state index contributed by atoms with van der Waals surface area (Å²) in [6.07, 6.45) is 2.11. The van der Waals surface area contributed by atoms with Gasteiger partial charge in [0.05, 0.1) is 0 Å². The Bertz CT molecular complexity index is 348. The Morgan fingerprint density at radius 1 is 1.29 bits per heavy atom. The molecule has 0 unspecified atom stereocenters. The van der Waals surface area contributed by atoms with E-state index in [-0.39, 0.29) is 11.9 Å². The first-order valence-corrected chi connectivity index (χ1v) is 6.52. The third-order valence-electron chi connectivity index (χ3n) is 3.42. The second-order valence-corrected chi connectivity index (χ2v) is 4.61. The van der Waals surface area contributed by atoms with E-state index in [9.17, 15) is 4.39 Å². The Hall–Kier alpha value is -0.930. The van der Waals surface area contributed by atoms with Crippen LogP contribution in [0, 0.1) is 5.82 Å². The van der Waals surface area contributed by atoms with Crippen molar-refractivity contribution in [1.82, 2.24) is 10.2 Å². The Kier molecular flexibility index (Phi) is 4.51. The monoisotopic (exact) mass is 236 g/mol. The summed E-state index contributed by atoms with van der Waals surface area (Å²) in [7, 11) is 0. The molecule has 17 heavy (non-hydrogen) atoms. The molecule has 1 fully saturated rings. The van der Waals surface area contributed by atoms with Crippen LogP contribution in [0.5, 0.6) is 0 Å². The first-order chi connectivity index (χ1) is 8.33. The molecule has 1 heterocycles. The molecule has 0 spiro atoms. The van der Waals surface area contributed by atoms with Gasteiger partial charge in [0.2, 0.25) is 0 Å². The van der Waals surface area contributed by atoms with Gasteiger partial charge in [-0.2, -0.15) is 0 Å². The highest BCUT2D eigenvalue weighted by atomic mass is 19.1. The van der Waals surface area contributed by atoms with Crippen molar-refractivity contribution in [2.24, 2.45) is 0 Å². The molecule has 1 atom stereocenters. The lowest BCUT2D eigenvalue weighted by Gasteiger charge is -2.35. The minimum atomic E-state index is -0.0653. The predicted molar refractivity (Wildman–Crippen MR) is 68.5 cm³/mol. The van der Waals surface area contributed by atoms with Crippen LogP contribution in [0.4, 0.5) is 4.39 Å². The highest BCUT2D eigenvalue weighted by molar-refractivity contribution is 5.21. The summed E-state index contributed by atoms with van der Waals surface area (Å²) < 4.78 is 13.9. The fourth-order valence-electron chi connectivity index (χ4n) is 2.55. The zero-order valence-electron chi connectivity index (χ0n) is 10.5. The zero-order chi connectivity index (χ0) is 12.1. The molecule has 2 nitrogen and oxygen atoms in total. The molecule has 0 radical (unpaired) electrons. The maximum Gasteiger partial charge on any atom is 0.127 e. The van der Waals surface area contributed by atoms with Gasteiger partial charge in [-0.3, -0.25) is 4.90 Å². The van der Waals surface area contributed by atoms with E-state index >= 15 is 0 Å². The maximum absolute atomic E-state index is 13.9. The van der Waals surface area contributed by atoms with E-state index < -0.39 is 0 Å². The number of benzene rings is 1. The molecular weight excluding hydrogens is 215 g/mol. The summed E-state index contributed by atoms with van der Waals surface area (Å²) in [4.78, 5) is 2.40. The second-order valence-electron chi connectivity index (χ2n) is 4.61. The van der Waals surface area contributed by atoms with E-state index in [0.29, 0.717) is 0 Å². The average Bonchev–Trinajstić information content (AvgIpc) is 2.38. The number of hydrogen-bond acceptors (Lipinski definition) is 2. The molecule has 1 aromatic carbocycles. The van der Waals surface area contributed by atoms with Crippen LogP contribution in [0.1, 0.15) is 31.4 Å². The molecule has 1 N–H and O–H groups in total. The van der Waals surface area contributed by atoms with Gasteiger partial charge in [-0.05, 0) is 12.5 Å². The summed E-state index contributed by atoms with van der Waals surface area (Å²) in [5, 5.41) is 3.34. The van der Waals surface area contributed by atoms with E-state index in [4.69, 9.17) is 0 Å². The van der Waals surface area contributed by atoms with E-state index in [1.165, 1.54) is 0 Å². The summed E-state index contributed by atoms with van der Waals surface area (Å²) in [6, 6.07) is 7.43. The zero-order valence-corrected chi connectivity index (χ0v) is 10.5. The maximum atomic E-state index is 13.9. The van der Waals surface area contributed by atoms with Gasteiger partial charge >= 0.3 is 0 Å². The van der Waals surface area contributed by atoms with Crippen LogP contribution in [0.25, 0.3) is 0 Å². The summed E-state index contributed by atoms with van der Waals surface area (Å²) in [5.74, 6) is -0.0653. The summed E-state index contributed by atoms with van der Waals surface area (Å²) in [6.45, 7) is 6.21. The third kappa shape index (κ3) is 3.05. The molecule has 0 aromatic heterocycles. The van der Waals surface area contributed by atoms with E-state index in [1.54, 1.807) is 12.1 Å². The molecule has 94 valence electrons. The summed E-state index contributed by atoms with van der Waals surface area (Å²) >= 11 is 0. The van der Waals surface area contributed by atoms with Gasteiger partial charge in [-0.15, -0.1) is 0 Å². The summed E-state index contributed by atoms with van der Waals surface area (Å²) in [5.41, 5.74) is 0.858. The number of hydrogen-bond donors (Lipinski definition) is 1. The van der Waals surface area contributed by atoms with Gasteiger partial charge in [0, 0.05) is 37.8 Å². The quantitative estimate of drug-likeness (QED) is 0.864. The fraction of sp³-hybridized carbons (Fsp3) is 0.571. The minimum Gasteiger partial charge on any atom is -0.314 e. The van der Waals surface area contributed by atoms with Crippen LogP contribution in [-0.2, 0) is 0 Å². The van der Waals surface area contributed by atoms with Crippen molar-refractivity contribution in [1.29, 1.82) is 0 Å². The molecule has 1 aliphatic rings. The molecule has 0 bridgehead atoms. The van der Waals surface area contributed by atoms with E-state index in [0.717, 1.165) is 44.6 Å². The number of rotatable bonds is 4. The molecule has 3 heteroatoms. The molecule has 0 aliphatic carbocycles. The lowest BCUT2D eigenvalue weighted by molar-refractivity contribution is 0.161. The van der Waals surface area contributed by atoms with Crippen LogP contribution in [-0.4, -0.2) is 31.1 Å². The Labute approximate surface area is 103 Å². The van der Waals surface area contributed by atoms with E-state index in [1.807, 2.05) is 12.1 Å². The molecule has 1 aliphatic heterocycles. The Morgan fingerprint density at radius 3 is 2.65 bits per heavy atom. The van der Waals surface area contributed by atoms with Crippen LogP contribution >= 0.6 is 0 Å². The lowest BCUT2D eigenvalue weighted by atomic mass is 9.99. The smallest absolute Gasteiger partial charge is 0.127 e. The highest BCUT2D eigenvalue weighted by Gasteiger charge is 2.23. The minimum absolute atomic E-state index is 0.0653. The van der Waals surface area contributed by atoms with Gasteiger partial charge in [0.25, 0.3) is 0 Å². The van der Waals surface area contributed by atoms with E-state index in [2.05, 4.69) is 17.1 Å². The first-order valence-electron chi connectivity index (χ1n) is 6.52. The van der Waals surface area contributed by atoms with Gasteiger partial charge in [0.15, 0.2) is 0 Å². The highest BCUT2D eigenvalue weighted by Crippen LogP contribution is 2.27. The molecule has 2 rings (SSSR count). The standard InChI is InChI=1S/C14H21FN2/c1-2-5-14(17-10-8-16-9-11-17)12-6-3-4-7-13(12)15/h3-4,6-7,14,16H,2,5,8-11H2,1H3/t14-/m1/s1. The van der Waals surface area contributed by atoms with Crippen LogP contribution in [0.3, 0.4) is 0 Å². The predicted octanol–water partition coefficient (Wildman–Crippen LogP) is 2.57. The van der Waals surface area contributed by atoms with Gasteiger partial charge in [-0.25, -0.2) is 4.39 Å². The van der Waals surface area contributed by atoms with Gasteiger partial charge in [0.1, 0.15) is 5.82 Å². The van der Waals surface area contributed by atoms with Crippen molar-refractivity contribution in [3.05, 3.63) is 35.6 Å². The molecule has 0 amide bonds. The Balaban J connectivity index is 2.18. The molecule has 0 saturated carbocycles. The normalized spacial score (nSPS) is 19.2. The molecule has 1 aromatic rings. The van der Waals surface area contributed by atoms with Crippen LogP contribution in [0.15, 0.2) is 24.3 Å². The van der Waals surface area contributed by atoms with Crippen LogP contribution < -0.4 is 5.32 Å². The molecular formula is C14H21FN2. The fourth-order valence-corrected chi connectivity index (χ4v) is 2.55. The SMILES string of the molecule is CCC[C@H](c1ccccc1F)N1CCNCC1. The number of piperazine rings is 1. The van der Waals surface area contributed by atoms with Crippen molar-refractivity contribution >= 4 is 0 Å². The number of nitrogens with zero attached hydrogens (tertiary/aromatic N) is 1. The van der Waals surface area contributed by atoms with Crippen molar-refractivity contribution in [3.8, 4) is 0 Å². The van der Waals surface area contributed by atoms with Crippen molar-refractivity contribution in [3.63, 3.8) is 0 Å². The topological polar surface area (TPSA) is 15.3 Å². The lowest BCUT2D eigenvalue weighted by Crippen LogP contribution is -2.45. The van der Waals surface area contributed by atoms with Gasteiger partial charge < -0.3 is 5.32 Å². The number of halogens is 1. The third-order valence-corrected chi connectivity index (χ3v) is 3.42. The van der Waals surface area contributed by atoms with Crippen molar-refractivity contribution in [2.75, 3.05) is 26.2 Å². The molecule has 1 saturated heterocycles.